The zero-order valence-corrected chi connectivity index (χ0v) is 12.5. The summed E-state index contributed by atoms with van der Waals surface area (Å²) in [5, 5.41) is 2.53. The lowest BCUT2D eigenvalue weighted by atomic mass is 10.2. The Labute approximate surface area is 120 Å². The van der Waals surface area contributed by atoms with Crippen molar-refractivity contribution in [2.75, 3.05) is 6.54 Å². The van der Waals surface area contributed by atoms with Gasteiger partial charge in [0.25, 0.3) is 21.4 Å². The summed E-state index contributed by atoms with van der Waals surface area (Å²) in [6.45, 7) is 3.30. The first-order valence-corrected chi connectivity index (χ1v) is 8.13. The minimum Gasteiger partial charge on any atom is -0.351 e. The summed E-state index contributed by atoms with van der Waals surface area (Å²) >= 11 is 0. The molecular weight excluding hydrogens is 314 g/mol. The van der Waals surface area contributed by atoms with Crippen LogP contribution in [-0.4, -0.2) is 31.9 Å². The molecule has 1 amide bonds. The van der Waals surface area contributed by atoms with Gasteiger partial charge < -0.3 is 9.88 Å². The Bertz CT molecular complexity index is 584. The van der Waals surface area contributed by atoms with Gasteiger partial charge in [-0.2, -0.15) is 0 Å². The molecule has 0 unspecified atom stereocenters. The number of hydrogen-bond acceptors (Lipinski definition) is 3. The van der Waals surface area contributed by atoms with E-state index < -0.39 is 27.9 Å². The van der Waals surface area contributed by atoms with Gasteiger partial charge in [-0.15, -0.1) is 0 Å². The Kier molecular flexibility index (Phi) is 5.52. The first kappa shape index (κ1) is 16.9. The van der Waals surface area contributed by atoms with Crippen molar-refractivity contribution >= 4 is 25.6 Å². The average molecular weight is 329 g/mol. The Morgan fingerprint density at radius 3 is 2.50 bits per heavy atom. The van der Waals surface area contributed by atoms with Crippen molar-refractivity contribution in [1.82, 2.24) is 9.88 Å². The predicted octanol–water partition coefficient (Wildman–Crippen LogP) is 2.07. The van der Waals surface area contributed by atoms with E-state index in [1.807, 2.05) is 13.8 Å². The highest BCUT2D eigenvalue weighted by atomic mass is 35.7. The maximum Gasteiger partial charge on any atom is 0.267 e. The first-order valence-electron chi connectivity index (χ1n) is 5.82. The molecule has 1 rings (SSSR count). The standard InChI is InChI=1S/C11H15ClF2N2O3S/c1-7(2)4-15-11(17)9-3-8(20(12,18)19)5-16(9)6-10(13)14/h3,5,7,10H,4,6H2,1-2H3,(H,15,17). The van der Waals surface area contributed by atoms with Gasteiger partial charge in [-0.25, -0.2) is 17.2 Å². The third kappa shape index (κ3) is 4.75. The summed E-state index contributed by atoms with van der Waals surface area (Å²) in [4.78, 5) is 11.5. The van der Waals surface area contributed by atoms with E-state index in [2.05, 4.69) is 5.32 Å². The number of hydrogen-bond donors (Lipinski definition) is 1. The van der Waals surface area contributed by atoms with Crippen LogP contribution in [0.3, 0.4) is 0 Å². The van der Waals surface area contributed by atoms with Crippen LogP contribution in [0.5, 0.6) is 0 Å². The lowest BCUT2D eigenvalue weighted by Gasteiger charge is -2.10. The number of rotatable bonds is 6. The van der Waals surface area contributed by atoms with Crippen molar-refractivity contribution in [1.29, 1.82) is 0 Å². The van der Waals surface area contributed by atoms with E-state index in [1.165, 1.54) is 0 Å². The highest BCUT2D eigenvalue weighted by Gasteiger charge is 2.21. The van der Waals surface area contributed by atoms with Crippen LogP contribution in [0, 0.1) is 5.92 Å². The van der Waals surface area contributed by atoms with Gasteiger partial charge in [0, 0.05) is 23.4 Å². The Hall–Kier alpha value is -1.15. The molecule has 1 N–H and O–H groups in total. The second-order valence-corrected chi connectivity index (χ2v) is 7.21. The predicted molar refractivity (Wildman–Crippen MR) is 70.6 cm³/mol. The second-order valence-electron chi connectivity index (χ2n) is 4.65. The van der Waals surface area contributed by atoms with Gasteiger partial charge >= 0.3 is 0 Å². The molecule has 1 aromatic rings. The Balaban J connectivity index is 3.09. The van der Waals surface area contributed by atoms with Crippen molar-refractivity contribution in [2.24, 2.45) is 5.92 Å². The zero-order chi connectivity index (χ0) is 15.5. The molecule has 9 heteroatoms. The number of nitrogens with one attached hydrogen (secondary N) is 1. The number of nitrogens with zero attached hydrogens (tertiary/aromatic N) is 1. The Morgan fingerprint density at radius 1 is 1.45 bits per heavy atom. The Morgan fingerprint density at radius 2 is 2.05 bits per heavy atom. The van der Waals surface area contributed by atoms with Crippen molar-refractivity contribution < 1.29 is 22.0 Å². The van der Waals surface area contributed by atoms with Crippen molar-refractivity contribution in [2.45, 2.75) is 31.7 Å². The van der Waals surface area contributed by atoms with E-state index in [0.29, 0.717) is 6.54 Å². The molecule has 0 fully saturated rings. The molecular formula is C11H15ClF2N2O3S. The quantitative estimate of drug-likeness (QED) is 0.813. The topological polar surface area (TPSA) is 68.2 Å². The molecule has 0 aliphatic rings. The van der Waals surface area contributed by atoms with Gasteiger partial charge in [-0.05, 0) is 12.0 Å². The van der Waals surface area contributed by atoms with Crippen LogP contribution >= 0.6 is 10.7 Å². The van der Waals surface area contributed by atoms with Crippen LogP contribution in [0.15, 0.2) is 17.2 Å². The summed E-state index contributed by atoms with van der Waals surface area (Å²) in [5.41, 5.74) is -0.162. The summed E-state index contributed by atoms with van der Waals surface area (Å²) < 4.78 is 48.2. The fraction of sp³-hybridized carbons (Fsp3) is 0.545. The third-order valence-corrected chi connectivity index (χ3v) is 3.71. The van der Waals surface area contributed by atoms with Gasteiger partial charge in [0.1, 0.15) is 10.6 Å². The van der Waals surface area contributed by atoms with Gasteiger partial charge in [-0.3, -0.25) is 4.79 Å². The molecule has 0 atom stereocenters. The van der Waals surface area contributed by atoms with E-state index in [0.717, 1.165) is 16.8 Å². The van der Waals surface area contributed by atoms with Crippen LogP contribution in [-0.2, 0) is 15.6 Å². The average Bonchev–Trinajstić information content (AvgIpc) is 2.68. The molecule has 1 aromatic heterocycles. The van der Waals surface area contributed by atoms with Crippen molar-refractivity contribution in [3.05, 3.63) is 18.0 Å². The minimum absolute atomic E-state index is 0.162. The van der Waals surface area contributed by atoms with Crippen LogP contribution in [0.4, 0.5) is 8.78 Å². The molecule has 20 heavy (non-hydrogen) atoms. The van der Waals surface area contributed by atoms with Gasteiger partial charge in [0.05, 0.1) is 6.54 Å². The van der Waals surface area contributed by atoms with Crippen LogP contribution in [0.2, 0.25) is 0 Å². The van der Waals surface area contributed by atoms with Gasteiger partial charge in [0.2, 0.25) is 0 Å². The molecule has 0 aliphatic heterocycles. The molecule has 0 saturated carbocycles. The minimum atomic E-state index is -4.08. The molecule has 114 valence electrons. The lowest BCUT2D eigenvalue weighted by molar-refractivity contribution is 0.0926. The van der Waals surface area contributed by atoms with Gasteiger partial charge in [0.15, 0.2) is 0 Å². The summed E-state index contributed by atoms with van der Waals surface area (Å²) in [7, 11) is 1.07. The summed E-state index contributed by atoms with van der Waals surface area (Å²) in [6.07, 6.45) is -1.79. The SMILES string of the molecule is CC(C)CNC(=O)c1cc(S(=O)(=O)Cl)cn1CC(F)F. The number of alkyl halides is 2. The summed E-state index contributed by atoms with van der Waals surface area (Å²) in [6, 6.07) is 0.986. The fourth-order valence-electron chi connectivity index (χ4n) is 1.49. The van der Waals surface area contributed by atoms with Crippen molar-refractivity contribution in [3.63, 3.8) is 0 Å². The lowest BCUT2D eigenvalue weighted by Crippen LogP contribution is -2.29. The molecule has 0 aromatic carbocycles. The van der Waals surface area contributed by atoms with E-state index in [1.54, 1.807) is 0 Å². The number of halogens is 3. The normalized spacial score (nSPS) is 12.2. The zero-order valence-electron chi connectivity index (χ0n) is 10.9. The van der Waals surface area contributed by atoms with E-state index in [-0.39, 0.29) is 16.5 Å². The third-order valence-electron chi connectivity index (χ3n) is 2.39. The number of carbonyl (C=O) groups excluding carboxylic acids is 1. The maximum atomic E-state index is 12.4. The van der Waals surface area contributed by atoms with Crippen LogP contribution in [0.1, 0.15) is 24.3 Å². The second kappa shape index (κ2) is 6.53. The highest BCUT2D eigenvalue weighted by Crippen LogP contribution is 2.19. The monoisotopic (exact) mass is 328 g/mol. The molecule has 0 radical (unpaired) electrons. The van der Waals surface area contributed by atoms with E-state index >= 15 is 0 Å². The fourth-order valence-corrected chi connectivity index (χ4v) is 2.25. The molecule has 0 spiro atoms. The molecule has 5 nitrogen and oxygen atoms in total. The molecule has 0 aliphatic carbocycles. The number of aromatic nitrogens is 1. The van der Waals surface area contributed by atoms with Crippen molar-refractivity contribution in [3.8, 4) is 0 Å². The number of carbonyl (C=O) groups is 1. The molecule has 1 heterocycles. The first-order chi connectivity index (χ1) is 9.11. The molecule has 0 bridgehead atoms. The van der Waals surface area contributed by atoms with Crippen LogP contribution < -0.4 is 5.32 Å². The largest absolute Gasteiger partial charge is 0.351 e. The number of amides is 1. The smallest absolute Gasteiger partial charge is 0.267 e. The van der Waals surface area contributed by atoms with E-state index in [9.17, 15) is 22.0 Å². The highest BCUT2D eigenvalue weighted by molar-refractivity contribution is 8.13. The van der Waals surface area contributed by atoms with Gasteiger partial charge in [-0.1, -0.05) is 13.8 Å². The van der Waals surface area contributed by atoms with E-state index in [4.69, 9.17) is 10.7 Å². The summed E-state index contributed by atoms with van der Waals surface area (Å²) in [5.74, 6) is -0.445. The maximum absolute atomic E-state index is 12.4. The van der Waals surface area contributed by atoms with Crippen LogP contribution in [0.25, 0.3) is 0 Å². The molecule has 0 saturated heterocycles.